The number of hydrogen-bond acceptors (Lipinski definition) is 4. The molecule has 4 nitrogen and oxygen atoms in total. The quantitative estimate of drug-likeness (QED) is 0.855. The summed E-state index contributed by atoms with van der Waals surface area (Å²) in [5.41, 5.74) is 0.121. The summed E-state index contributed by atoms with van der Waals surface area (Å²) in [5, 5.41) is 3.04. The van der Waals surface area contributed by atoms with Gasteiger partial charge >= 0.3 is 0 Å². The maximum Gasteiger partial charge on any atom is 0.258 e. The predicted molar refractivity (Wildman–Crippen MR) is 95.0 cm³/mol. The predicted octanol–water partition coefficient (Wildman–Crippen LogP) is 2.68. The van der Waals surface area contributed by atoms with Crippen molar-refractivity contribution in [2.24, 2.45) is 0 Å². The lowest BCUT2D eigenvalue weighted by atomic mass is 9.94. The Labute approximate surface area is 147 Å². The third-order valence-corrected chi connectivity index (χ3v) is 5.94. The standard InChI is InChI=1S/C18H25FN2O2S/c19-15-4-3-5-16(12-15)23-13-17(22)20-14-18(6-1-2-7-18)21-8-10-24-11-9-21/h3-5,12H,1-2,6-11,13-14H2,(H,20,22). The van der Waals surface area contributed by atoms with Crippen LogP contribution >= 0.6 is 11.8 Å². The summed E-state index contributed by atoms with van der Waals surface area (Å²) >= 11 is 2.01. The average Bonchev–Trinajstić information content (AvgIpc) is 3.09. The highest BCUT2D eigenvalue weighted by molar-refractivity contribution is 7.99. The van der Waals surface area contributed by atoms with Gasteiger partial charge in [-0.1, -0.05) is 18.9 Å². The van der Waals surface area contributed by atoms with Crippen molar-refractivity contribution in [2.75, 3.05) is 37.7 Å². The summed E-state index contributed by atoms with van der Waals surface area (Å²) < 4.78 is 18.5. The second-order valence-electron chi connectivity index (χ2n) is 6.55. The normalized spacial score (nSPS) is 20.7. The number of ether oxygens (including phenoxy) is 1. The van der Waals surface area contributed by atoms with Crippen LogP contribution in [0.3, 0.4) is 0 Å². The first kappa shape index (κ1) is 17.5. The van der Waals surface area contributed by atoms with Crippen LogP contribution in [0.2, 0.25) is 0 Å². The molecule has 0 aromatic heterocycles. The number of carbonyl (C=O) groups is 1. The number of benzene rings is 1. The van der Waals surface area contributed by atoms with Crippen LogP contribution in [0.4, 0.5) is 4.39 Å². The molecule has 1 amide bonds. The Morgan fingerprint density at radius 2 is 2.04 bits per heavy atom. The minimum absolute atomic E-state index is 0.0740. The van der Waals surface area contributed by atoms with Gasteiger partial charge in [0.15, 0.2) is 6.61 Å². The van der Waals surface area contributed by atoms with Crippen molar-refractivity contribution in [1.29, 1.82) is 0 Å². The lowest BCUT2D eigenvalue weighted by molar-refractivity contribution is -0.123. The molecule has 1 aliphatic carbocycles. The van der Waals surface area contributed by atoms with Gasteiger partial charge in [0.25, 0.3) is 5.91 Å². The van der Waals surface area contributed by atoms with Gasteiger partial charge in [0.05, 0.1) is 0 Å². The molecule has 1 aromatic rings. The SMILES string of the molecule is O=C(COc1cccc(F)c1)NCC1(N2CCSCC2)CCCC1. The van der Waals surface area contributed by atoms with Crippen molar-refractivity contribution in [3.63, 3.8) is 0 Å². The molecule has 1 saturated carbocycles. The molecule has 0 spiro atoms. The van der Waals surface area contributed by atoms with Crippen LogP contribution in [-0.2, 0) is 4.79 Å². The number of rotatable bonds is 6. The second-order valence-corrected chi connectivity index (χ2v) is 7.78. The van der Waals surface area contributed by atoms with Gasteiger partial charge in [-0.25, -0.2) is 4.39 Å². The van der Waals surface area contributed by atoms with E-state index in [4.69, 9.17) is 4.74 Å². The summed E-state index contributed by atoms with van der Waals surface area (Å²) in [7, 11) is 0. The van der Waals surface area contributed by atoms with Gasteiger partial charge in [-0.15, -0.1) is 0 Å². The van der Waals surface area contributed by atoms with E-state index in [-0.39, 0.29) is 23.9 Å². The van der Waals surface area contributed by atoms with E-state index in [2.05, 4.69) is 10.2 Å². The van der Waals surface area contributed by atoms with Gasteiger partial charge in [0.2, 0.25) is 0 Å². The molecule has 1 heterocycles. The molecule has 6 heteroatoms. The average molecular weight is 352 g/mol. The van der Waals surface area contributed by atoms with Gasteiger partial charge in [0.1, 0.15) is 11.6 Å². The fourth-order valence-electron chi connectivity index (χ4n) is 3.70. The van der Waals surface area contributed by atoms with Gasteiger partial charge < -0.3 is 10.1 Å². The van der Waals surface area contributed by atoms with Gasteiger partial charge in [-0.05, 0) is 25.0 Å². The van der Waals surface area contributed by atoms with Crippen molar-refractivity contribution in [1.82, 2.24) is 10.2 Å². The largest absolute Gasteiger partial charge is 0.484 e. The fourth-order valence-corrected chi connectivity index (χ4v) is 4.60. The number of hydrogen-bond donors (Lipinski definition) is 1. The summed E-state index contributed by atoms with van der Waals surface area (Å²) in [5.74, 6) is 2.24. The smallest absolute Gasteiger partial charge is 0.258 e. The molecule has 1 saturated heterocycles. The lowest BCUT2D eigenvalue weighted by Gasteiger charge is -2.43. The van der Waals surface area contributed by atoms with E-state index >= 15 is 0 Å². The number of amides is 1. The van der Waals surface area contributed by atoms with E-state index in [9.17, 15) is 9.18 Å². The molecular formula is C18H25FN2O2S. The van der Waals surface area contributed by atoms with Crippen molar-refractivity contribution < 1.29 is 13.9 Å². The fraction of sp³-hybridized carbons (Fsp3) is 0.611. The third-order valence-electron chi connectivity index (χ3n) is 5.00. The van der Waals surface area contributed by atoms with Crippen LogP contribution in [0.5, 0.6) is 5.75 Å². The maximum atomic E-state index is 13.1. The van der Waals surface area contributed by atoms with Crippen LogP contribution in [0.15, 0.2) is 24.3 Å². The Bertz CT molecular complexity index is 558. The molecule has 3 rings (SSSR count). The monoisotopic (exact) mass is 352 g/mol. The van der Waals surface area contributed by atoms with Gasteiger partial charge in [-0.2, -0.15) is 11.8 Å². The van der Waals surface area contributed by atoms with Crippen LogP contribution in [0.25, 0.3) is 0 Å². The number of nitrogens with one attached hydrogen (secondary N) is 1. The molecule has 1 aromatic carbocycles. The van der Waals surface area contributed by atoms with Crippen molar-refractivity contribution in [2.45, 2.75) is 31.2 Å². The molecule has 0 atom stereocenters. The zero-order chi connectivity index (χ0) is 16.8. The van der Waals surface area contributed by atoms with E-state index in [1.807, 2.05) is 11.8 Å². The Morgan fingerprint density at radius 3 is 2.75 bits per heavy atom. The zero-order valence-corrected chi connectivity index (χ0v) is 14.7. The number of nitrogens with zero attached hydrogens (tertiary/aromatic N) is 1. The second kappa shape index (κ2) is 8.21. The Morgan fingerprint density at radius 1 is 1.29 bits per heavy atom. The summed E-state index contributed by atoms with van der Waals surface area (Å²) in [4.78, 5) is 14.7. The minimum Gasteiger partial charge on any atom is -0.484 e. The van der Waals surface area contributed by atoms with E-state index in [1.54, 1.807) is 12.1 Å². The molecule has 132 valence electrons. The molecule has 0 unspecified atom stereocenters. The highest BCUT2D eigenvalue weighted by atomic mass is 32.2. The summed E-state index contributed by atoms with van der Waals surface area (Å²) in [6, 6.07) is 5.87. The molecule has 0 bridgehead atoms. The Hall–Kier alpha value is -1.27. The van der Waals surface area contributed by atoms with Crippen LogP contribution in [-0.4, -0.2) is 54.1 Å². The molecule has 24 heavy (non-hydrogen) atoms. The number of halogens is 1. The minimum atomic E-state index is -0.360. The highest BCUT2D eigenvalue weighted by Gasteiger charge is 2.40. The Kier molecular flexibility index (Phi) is 6.00. The molecular weight excluding hydrogens is 327 g/mol. The number of carbonyl (C=O) groups excluding carboxylic acids is 1. The van der Waals surface area contributed by atoms with E-state index in [0.717, 1.165) is 25.9 Å². The summed E-state index contributed by atoms with van der Waals surface area (Å²) in [6.07, 6.45) is 4.78. The van der Waals surface area contributed by atoms with Crippen LogP contribution in [0, 0.1) is 5.82 Å². The van der Waals surface area contributed by atoms with E-state index in [1.165, 1.54) is 36.5 Å². The molecule has 0 radical (unpaired) electrons. The lowest BCUT2D eigenvalue weighted by Crippen LogP contribution is -2.56. The Balaban J connectivity index is 1.50. The van der Waals surface area contributed by atoms with Crippen molar-refractivity contribution >= 4 is 17.7 Å². The van der Waals surface area contributed by atoms with E-state index < -0.39 is 0 Å². The zero-order valence-electron chi connectivity index (χ0n) is 13.9. The van der Waals surface area contributed by atoms with Crippen molar-refractivity contribution in [3.05, 3.63) is 30.1 Å². The summed E-state index contributed by atoms with van der Waals surface area (Å²) in [6.45, 7) is 2.83. The first-order valence-electron chi connectivity index (χ1n) is 8.66. The maximum absolute atomic E-state index is 13.1. The first-order valence-corrected chi connectivity index (χ1v) is 9.81. The van der Waals surface area contributed by atoms with Crippen molar-refractivity contribution in [3.8, 4) is 5.75 Å². The van der Waals surface area contributed by atoms with E-state index in [0.29, 0.717) is 12.3 Å². The molecule has 1 N–H and O–H groups in total. The molecule has 1 aliphatic heterocycles. The van der Waals surface area contributed by atoms with Gasteiger partial charge in [-0.3, -0.25) is 9.69 Å². The molecule has 2 fully saturated rings. The van der Waals surface area contributed by atoms with Gasteiger partial charge in [0, 0.05) is 42.7 Å². The topological polar surface area (TPSA) is 41.6 Å². The number of thioether (sulfide) groups is 1. The highest BCUT2D eigenvalue weighted by Crippen LogP contribution is 2.36. The van der Waals surface area contributed by atoms with Crippen LogP contribution < -0.4 is 10.1 Å². The van der Waals surface area contributed by atoms with Crippen LogP contribution in [0.1, 0.15) is 25.7 Å². The third kappa shape index (κ3) is 4.42. The first-order chi connectivity index (χ1) is 11.7. The molecule has 2 aliphatic rings.